The van der Waals surface area contributed by atoms with Crippen molar-refractivity contribution in [3.8, 4) is 10.4 Å². The van der Waals surface area contributed by atoms with Crippen molar-refractivity contribution < 1.29 is 14.2 Å². The third-order valence-electron chi connectivity index (χ3n) is 4.04. The number of carbonyl (C=O) groups excluding carboxylic acids is 1. The van der Waals surface area contributed by atoms with Crippen molar-refractivity contribution in [1.82, 2.24) is 5.48 Å². The molecule has 0 fully saturated rings. The van der Waals surface area contributed by atoms with Gasteiger partial charge in [0.1, 0.15) is 0 Å². The number of benzene rings is 2. The lowest BCUT2D eigenvalue weighted by atomic mass is 10.1. The highest BCUT2D eigenvalue weighted by atomic mass is 32.2. The van der Waals surface area contributed by atoms with E-state index >= 15 is 0 Å². The zero-order valence-corrected chi connectivity index (χ0v) is 15.6. The maximum Gasteiger partial charge on any atom is 0.244 e. The van der Waals surface area contributed by atoms with Crippen LogP contribution in [0, 0.1) is 0 Å². The Morgan fingerprint density at radius 3 is 2.38 bits per heavy atom. The number of hydrogen-bond acceptors (Lipinski definition) is 4. The first-order valence-electron chi connectivity index (χ1n) is 8.19. The third kappa shape index (κ3) is 4.66. The van der Waals surface area contributed by atoms with Gasteiger partial charge >= 0.3 is 0 Å². The molecule has 0 saturated heterocycles. The second-order valence-corrected chi connectivity index (χ2v) is 8.53. The van der Waals surface area contributed by atoms with E-state index in [9.17, 15) is 9.00 Å². The predicted molar refractivity (Wildman–Crippen MR) is 105 cm³/mol. The summed E-state index contributed by atoms with van der Waals surface area (Å²) in [6.45, 7) is 0. The minimum atomic E-state index is -1.37. The molecule has 1 amide bonds. The van der Waals surface area contributed by atoms with Gasteiger partial charge in [-0.1, -0.05) is 48.5 Å². The fraction of sp³-hybridized carbons (Fsp3) is 0.150. The fourth-order valence-corrected chi connectivity index (χ4v) is 4.91. The minimum Gasteiger partial charge on any atom is -0.289 e. The lowest BCUT2D eigenvalue weighted by Gasteiger charge is -2.16. The molecule has 0 aliphatic heterocycles. The molecule has 26 heavy (non-hydrogen) atoms. The summed E-state index contributed by atoms with van der Waals surface area (Å²) in [7, 11) is -1.37. The first-order valence-corrected chi connectivity index (χ1v) is 10.3. The largest absolute Gasteiger partial charge is 0.289 e. The average molecular weight is 386 g/mol. The molecule has 3 rings (SSSR count). The van der Waals surface area contributed by atoms with Crippen LogP contribution < -0.4 is 5.48 Å². The summed E-state index contributed by atoms with van der Waals surface area (Å²) in [6, 6.07) is 21.3. The van der Waals surface area contributed by atoms with Crippen LogP contribution in [0.1, 0.15) is 12.0 Å². The van der Waals surface area contributed by atoms with Gasteiger partial charge in [0, 0.05) is 16.2 Å². The monoisotopic (exact) mass is 385 g/mol. The van der Waals surface area contributed by atoms with Gasteiger partial charge in [-0.3, -0.25) is 14.2 Å². The molecule has 0 saturated carbocycles. The smallest absolute Gasteiger partial charge is 0.244 e. The van der Waals surface area contributed by atoms with Gasteiger partial charge < -0.3 is 0 Å². The summed E-state index contributed by atoms with van der Waals surface area (Å²) >= 11 is 1.65. The molecule has 0 aliphatic carbocycles. The van der Waals surface area contributed by atoms with Crippen LogP contribution in [0.5, 0.6) is 0 Å². The summed E-state index contributed by atoms with van der Waals surface area (Å²) in [5, 5.41) is 10.4. The van der Waals surface area contributed by atoms with Crippen molar-refractivity contribution in [3.63, 3.8) is 0 Å². The van der Waals surface area contributed by atoms with Gasteiger partial charge in [-0.2, -0.15) is 0 Å². The van der Waals surface area contributed by atoms with Gasteiger partial charge in [-0.25, -0.2) is 5.48 Å². The van der Waals surface area contributed by atoms with Crippen molar-refractivity contribution in [2.45, 2.75) is 23.0 Å². The number of hydrogen-bond donors (Lipinski definition) is 2. The SMILES string of the molecule is O=C(CC(Cc1ccccc1)S(=O)c1ccc(-c2cccs2)cc1)NO. The Morgan fingerprint density at radius 1 is 1.04 bits per heavy atom. The summed E-state index contributed by atoms with van der Waals surface area (Å²) in [5.74, 6) is -0.533. The first-order chi connectivity index (χ1) is 12.7. The number of hydroxylamine groups is 1. The van der Waals surface area contributed by atoms with Gasteiger partial charge in [0.15, 0.2) is 0 Å². The van der Waals surface area contributed by atoms with Crippen molar-refractivity contribution in [1.29, 1.82) is 0 Å². The lowest BCUT2D eigenvalue weighted by molar-refractivity contribution is -0.129. The zero-order chi connectivity index (χ0) is 18.4. The quantitative estimate of drug-likeness (QED) is 0.477. The van der Waals surface area contributed by atoms with Crippen LogP contribution in [-0.4, -0.2) is 20.6 Å². The third-order valence-corrected chi connectivity index (χ3v) is 6.63. The van der Waals surface area contributed by atoms with E-state index in [-0.39, 0.29) is 6.42 Å². The average Bonchev–Trinajstić information content (AvgIpc) is 3.22. The predicted octanol–water partition coefficient (Wildman–Crippen LogP) is 4.03. The molecule has 0 spiro atoms. The Kier molecular flexibility index (Phi) is 6.33. The summed E-state index contributed by atoms with van der Waals surface area (Å²) in [4.78, 5) is 13.5. The molecule has 1 aromatic heterocycles. The standard InChI is InChI=1S/C20H19NO3S2/c22-20(21-23)14-18(13-15-5-2-1-3-6-15)26(24)17-10-8-16(9-11-17)19-7-4-12-25-19/h1-12,18,23H,13-14H2,(H,21,22). The van der Waals surface area contributed by atoms with E-state index in [1.165, 1.54) is 0 Å². The molecular formula is C20H19NO3S2. The number of carbonyl (C=O) groups is 1. The second kappa shape index (κ2) is 8.89. The summed E-state index contributed by atoms with van der Waals surface area (Å²) < 4.78 is 13.1. The van der Waals surface area contributed by atoms with E-state index in [0.717, 1.165) is 16.0 Å². The van der Waals surface area contributed by atoms with Crippen molar-refractivity contribution in [2.24, 2.45) is 0 Å². The second-order valence-electron chi connectivity index (χ2n) is 5.85. The first kappa shape index (κ1) is 18.5. The molecule has 4 nitrogen and oxygen atoms in total. The molecule has 2 N–H and O–H groups in total. The van der Waals surface area contributed by atoms with Gasteiger partial charge in [0.25, 0.3) is 0 Å². The van der Waals surface area contributed by atoms with Crippen molar-refractivity contribution in [2.75, 3.05) is 0 Å². The molecule has 1 heterocycles. The lowest BCUT2D eigenvalue weighted by Crippen LogP contribution is -2.28. The molecule has 0 bridgehead atoms. The molecular weight excluding hydrogens is 366 g/mol. The van der Waals surface area contributed by atoms with E-state index in [2.05, 4.69) is 0 Å². The Hall–Kier alpha value is -2.28. The van der Waals surface area contributed by atoms with E-state index in [4.69, 9.17) is 5.21 Å². The Balaban J connectivity index is 1.80. The van der Waals surface area contributed by atoms with E-state index < -0.39 is 22.0 Å². The molecule has 134 valence electrons. The number of amides is 1. The van der Waals surface area contributed by atoms with Gasteiger partial charge in [-0.15, -0.1) is 11.3 Å². The fourth-order valence-electron chi connectivity index (χ4n) is 2.74. The van der Waals surface area contributed by atoms with E-state index in [0.29, 0.717) is 11.3 Å². The maximum absolute atomic E-state index is 13.1. The molecule has 0 radical (unpaired) electrons. The van der Waals surface area contributed by atoms with Crippen molar-refractivity contribution in [3.05, 3.63) is 77.7 Å². The number of thiophene rings is 1. The van der Waals surface area contributed by atoms with Crippen LogP contribution in [-0.2, 0) is 22.0 Å². The maximum atomic E-state index is 13.1. The molecule has 2 atom stereocenters. The van der Waals surface area contributed by atoms with Crippen LogP contribution in [0.4, 0.5) is 0 Å². The Morgan fingerprint density at radius 2 is 1.77 bits per heavy atom. The molecule has 3 aromatic rings. The zero-order valence-electron chi connectivity index (χ0n) is 14.0. The highest BCUT2D eigenvalue weighted by Crippen LogP contribution is 2.26. The Bertz CT molecular complexity index is 862. The molecule has 2 aromatic carbocycles. The Labute approximate surface area is 158 Å². The van der Waals surface area contributed by atoms with Crippen LogP contribution >= 0.6 is 11.3 Å². The molecule has 6 heteroatoms. The number of nitrogens with one attached hydrogen (secondary N) is 1. The van der Waals surface area contributed by atoms with Crippen LogP contribution in [0.2, 0.25) is 0 Å². The highest BCUT2D eigenvalue weighted by molar-refractivity contribution is 7.85. The van der Waals surface area contributed by atoms with E-state index in [1.54, 1.807) is 16.8 Å². The van der Waals surface area contributed by atoms with Crippen LogP contribution in [0.25, 0.3) is 10.4 Å². The topological polar surface area (TPSA) is 66.4 Å². The minimum absolute atomic E-state index is 0.00924. The van der Waals surface area contributed by atoms with Crippen molar-refractivity contribution >= 4 is 28.0 Å². The van der Waals surface area contributed by atoms with Crippen LogP contribution in [0.3, 0.4) is 0 Å². The van der Waals surface area contributed by atoms with E-state index in [1.807, 2.05) is 72.1 Å². The summed E-state index contributed by atoms with van der Waals surface area (Å²) in [6.07, 6.45) is 0.484. The van der Waals surface area contributed by atoms with Crippen LogP contribution in [0.15, 0.2) is 77.0 Å². The van der Waals surface area contributed by atoms with Gasteiger partial charge in [0.2, 0.25) is 5.91 Å². The molecule has 0 aliphatic rings. The molecule has 2 unspecified atom stereocenters. The summed E-state index contributed by atoms with van der Waals surface area (Å²) in [5.41, 5.74) is 3.73. The normalized spacial score (nSPS) is 13.1. The highest BCUT2D eigenvalue weighted by Gasteiger charge is 2.22. The number of rotatable bonds is 7. The van der Waals surface area contributed by atoms with Gasteiger partial charge in [0.05, 0.1) is 16.0 Å². The van der Waals surface area contributed by atoms with Gasteiger partial charge in [-0.05, 0) is 41.1 Å².